The van der Waals surface area contributed by atoms with Gasteiger partial charge in [0, 0.05) is 25.6 Å². The molecular weight excluding hydrogens is 435 g/mol. The molecule has 2 aliphatic rings. The monoisotopic (exact) mass is 460 g/mol. The second-order valence-electron chi connectivity index (χ2n) is 8.66. The first-order chi connectivity index (χ1) is 14.8. The van der Waals surface area contributed by atoms with Gasteiger partial charge in [-0.05, 0) is 29.2 Å². The minimum Gasteiger partial charge on any atom is -0.447 e. The molecule has 3 atom stereocenters. The highest BCUT2D eigenvalue weighted by Crippen LogP contribution is 2.38. The molecule has 2 saturated heterocycles. The summed E-state index contributed by atoms with van der Waals surface area (Å²) in [6, 6.07) is 15.5. The van der Waals surface area contributed by atoms with Gasteiger partial charge < -0.3 is 4.74 Å². The van der Waals surface area contributed by atoms with E-state index >= 15 is 0 Å². The number of cyclic esters (lactones) is 1. The first-order valence-electron chi connectivity index (χ1n) is 10.6. The molecule has 5 nitrogen and oxygen atoms in total. The number of amides is 2. The maximum Gasteiger partial charge on any atom is 0.416 e. The largest absolute Gasteiger partial charge is 0.447 e. The molecule has 0 aromatic heterocycles. The summed E-state index contributed by atoms with van der Waals surface area (Å²) in [4.78, 5) is 29.7. The molecule has 0 N–H and O–H groups in total. The lowest BCUT2D eigenvalue weighted by atomic mass is 9.87. The van der Waals surface area contributed by atoms with E-state index in [4.69, 9.17) is 27.9 Å². The zero-order chi connectivity index (χ0) is 22.1. The van der Waals surface area contributed by atoms with E-state index < -0.39 is 6.09 Å². The van der Waals surface area contributed by atoms with Gasteiger partial charge in [-0.15, -0.1) is 0 Å². The van der Waals surface area contributed by atoms with Crippen molar-refractivity contribution < 1.29 is 14.3 Å². The van der Waals surface area contributed by atoms with E-state index in [1.165, 1.54) is 10.5 Å². The highest BCUT2D eigenvalue weighted by Gasteiger charge is 2.47. The van der Waals surface area contributed by atoms with Gasteiger partial charge in [-0.25, -0.2) is 9.69 Å². The summed E-state index contributed by atoms with van der Waals surface area (Å²) in [6.07, 6.45) is -0.543. The molecule has 0 spiro atoms. The zero-order valence-electron chi connectivity index (χ0n) is 17.6. The van der Waals surface area contributed by atoms with E-state index in [2.05, 4.69) is 17.0 Å². The third kappa shape index (κ3) is 4.59. The summed E-state index contributed by atoms with van der Waals surface area (Å²) in [5.41, 5.74) is 2.14. The van der Waals surface area contributed by atoms with Crippen molar-refractivity contribution in [3.05, 3.63) is 69.7 Å². The molecular formula is C24H26Cl2N2O3. The van der Waals surface area contributed by atoms with Gasteiger partial charge in [0.15, 0.2) is 0 Å². The quantitative estimate of drug-likeness (QED) is 0.613. The lowest BCUT2D eigenvalue weighted by Crippen LogP contribution is -2.46. The van der Waals surface area contributed by atoms with Crippen LogP contribution in [0.15, 0.2) is 48.5 Å². The summed E-state index contributed by atoms with van der Waals surface area (Å²) in [7, 11) is 0. The predicted octanol–water partition coefficient (Wildman–Crippen LogP) is 5.21. The van der Waals surface area contributed by atoms with Crippen LogP contribution in [-0.4, -0.2) is 47.5 Å². The number of carbonyl (C=O) groups excluding carboxylic acids is 2. The van der Waals surface area contributed by atoms with E-state index in [0.29, 0.717) is 23.1 Å². The van der Waals surface area contributed by atoms with Gasteiger partial charge in [-0.2, -0.15) is 0 Å². The molecule has 2 amide bonds. The van der Waals surface area contributed by atoms with Gasteiger partial charge in [0.25, 0.3) is 0 Å². The predicted molar refractivity (Wildman–Crippen MR) is 121 cm³/mol. The lowest BCUT2D eigenvalue weighted by molar-refractivity contribution is -0.134. The van der Waals surface area contributed by atoms with E-state index in [-0.39, 0.29) is 36.3 Å². The summed E-state index contributed by atoms with van der Waals surface area (Å²) in [6.45, 7) is 6.24. The maximum atomic E-state index is 13.6. The average Bonchev–Trinajstić information content (AvgIpc) is 3.34. The molecule has 0 unspecified atom stereocenters. The minimum atomic E-state index is -0.543. The third-order valence-electron chi connectivity index (χ3n) is 6.25. The Labute approximate surface area is 192 Å². The fourth-order valence-electron chi connectivity index (χ4n) is 4.55. The van der Waals surface area contributed by atoms with Gasteiger partial charge >= 0.3 is 6.09 Å². The molecule has 31 heavy (non-hydrogen) atoms. The smallest absolute Gasteiger partial charge is 0.416 e. The number of imide groups is 1. The molecule has 0 radical (unpaired) electrons. The first-order valence-corrected chi connectivity index (χ1v) is 11.3. The highest BCUT2D eigenvalue weighted by molar-refractivity contribution is 6.42. The lowest BCUT2D eigenvalue weighted by Gasteiger charge is -2.27. The van der Waals surface area contributed by atoms with Gasteiger partial charge in [-0.3, -0.25) is 9.69 Å². The van der Waals surface area contributed by atoms with Crippen molar-refractivity contribution in [2.45, 2.75) is 32.4 Å². The van der Waals surface area contributed by atoms with E-state index in [9.17, 15) is 9.59 Å². The van der Waals surface area contributed by atoms with Crippen LogP contribution in [0.2, 0.25) is 10.0 Å². The van der Waals surface area contributed by atoms with Crippen LogP contribution in [0.25, 0.3) is 0 Å². The van der Waals surface area contributed by atoms with Crippen molar-refractivity contribution in [1.29, 1.82) is 0 Å². The molecule has 164 valence electrons. The molecule has 2 heterocycles. The number of likely N-dealkylation sites (tertiary alicyclic amines) is 1. The number of rotatable bonds is 5. The Morgan fingerprint density at radius 1 is 1.10 bits per heavy atom. The standard InChI is InChI=1S/C24H26Cl2N2O3/c1-15(2)22-14-31-24(30)28(22)23(29)19-13-27(11-16-6-4-3-5-7-16)12-18(19)17-8-9-20(25)21(26)10-17/h3-10,15,18-19,22H,11-14H2,1-2H3/t18-,19-,22+/m0/s1. The average molecular weight is 461 g/mol. The Morgan fingerprint density at radius 3 is 2.52 bits per heavy atom. The van der Waals surface area contributed by atoms with Crippen molar-refractivity contribution in [1.82, 2.24) is 9.80 Å². The highest BCUT2D eigenvalue weighted by atomic mass is 35.5. The molecule has 0 bridgehead atoms. The third-order valence-corrected chi connectivity index (χ3v) is 6.99. The SMILES string of the molecule is CC(C)[C@H]1COC(=O)N1C(=O)[C@H]1CN(Cc2ccccc2)C[C@H]1c1ccc(Cl)c(Cl)c1. The number of hydrogen-bond donors (Lipinski definition) is 0. The number of benzene rings is 2. The van der Waals surface area contributed by atoms with Crippen LogP contribution in [0.4, 0.5) is 4.79 Å². The Balaban J connectivity index is 1.63. The molecule has 2 aromatic rings. The Bertz CT molecular complexity index is 967. The van der Waals surface area contributed by atoms with Crippen molar-refractivity contribution >= 4 is 35.2 Å². The Morgan fingerprint density at radius 2 is 1.84 bits per heavy atom. The van der Waals surface area contributed by atoms with Gasteiger partial charge in [0.1, 0.15) is 6.61 Å². The van der Waals surface area contributed by atoms with E-state index in [1.807, 2.05) is 44.2 Å². The van der Waals surface area contributed by atoms with Crippen LogP contribution in [0, 0.1) is 11.8 Å². The first kappa shape index (κ1) is 22.1. The molecule has 7 heteroatoms. The summed E-state index contributed by atoms with van der Waals surface area (Å²) >= 11 is 12.4. The number of carbonyl (C=O) groups is 2. The van der Waals surface area contributed by atoms with E-state index in [0.717, 1.165) is 12.1 Å². The van der Waals surface area contributed by atoms with Gasteiger partial charge in [0.2, 0.25) is 5.91 Å². The minimum absolute atomic E-state index is 0.0906. The maximum absolute atomic E-state index is 13.6. The van der Waals surface area contributed by atoms with Crippen LogP contribution in [0.3, 0.4) is 0 Å². The van der Waals surface area contributed by atoms with Crippen molar-refractivity contribution in [2.24, 2.45) is 11.8 Å². The number of hydrogen-bond acceptors (Lipinski definition) is 4. The van der Waals surface area contributed by atoms with Crippen molar-refractivity contribution in [3.63, 3.8) is 0 Å². The van der Waals surface area contributed by atoms with Crippen LogP contribution in [0.1, 0.15) is 30.9 Å². The van der Waals surface area contributed by atoms with Gasteiger partial charge in [-0.1, -0.05) is 73.4 Å². The van der Waals surface area contributed by atoms with Crippen molar-refractivity contribution in [3.8, 4) is 0 Å². The van der Waals surface area contributed by atoms with Crippen molar-refractivity contribution in [2.75, 3.05) is 19.7 Å². The fourth-order valence-corrected chi connectivity index (χ4v) is 4.85. The Hall–Kier alpha value is -2.08. The molecule has 2 fully saturated rings. The summed E-state index contributed by atoms with van der Waals surface area (Å²) in [5, 5.41) is 0.947. The van der Waals surface area contributed by atoms with Crippen LogP contribution in [0.5, 0.6) is 0 Å². The molecule has 2 aliphatic heterocycles. The molecule has 2 aromatic carbocycles. The number of ether oxygens (including phenoxy) is 1. The second kappa shape index (κ2) is 9.19. The zero-order valence-corrected chi connectivity index (χ0v) is 19.1. The van der Waals surface area contributed by atoms with Crippen LogP contribution in [-0.2, 0) is 16.1 Å². The molecule has 4 rings (SSSR count). The molecule has 0 aliphatic carbocycles. The van der Waals surface area contributed by atoms with Gasteiger partial charge in [0.05, 0.1) is 22.0 Å². The second-order valence-corrected chi connectivity index (χ2v) is 9.48. The topological polar surface area (TPSA) is 49.9 Å². The number of halogens is 2. The fraction of sp³-hybridized carbons (Fsp3) is 0.417. The van der Waals surface area contributed by atoms with Crippen LogP contribution >= 0.6 is 23.2 Å². The summed E-state index contributed by atoms with van der Waals surface area (Å²) < 4.78 is 5.23. The Kier molecular flexibility index (Phi) is 6.56. The van der Waals surface area contributed by atoms with Crippen LogP contribution < -0.4 is 0 Å². The summed E-state index contributed by atoms with van der Waals surface area (Å²) in [5.74, 6) is -0.506. The normalized spacial score (nSPS) is 24.1. The molecule has 0 saturated carbocycles. The number of nitrogens with zero attached hydrogens (tertiary/aromatic N) is 2. The van der Waals surface area contributed by atoms with E-state index in [1.54, 1.807) is 6.07 Å².